The molecule has 0 radical (unpaired) electrons. The number of guanidine groups is 2. The number of carbonyl (C=O) groups is 18. The molecular formula is C84H122N24O21. The molecule has 32 N–H and O–H groups in total. The van der Waals surface area contributed by atoms with Crippen molar-refractivity contribution in [2.45, 2.75) is 230 Å². The van der Waals surface area contributed by atoms with Gasteiger partial charge in [0.15, 0.2) is 11.9 Å². The number of carboxylic acids is 3. The fraction of sp³-hybridized carbons (Fsp3) is 0.500. The van der Waals surface area contributed by atoms with E-state index in [0.717, 1.165) is 16.5 Å². The molecule has 0 saturated heterocycles. The standard InChI is InChI=1S/C84H122N24O21/c1-8-43(5)68(107-71(117)51(85)35-47-39-94-52-23-15-13-21-49(47)52)80(126)97-45(7)70(116)99-56(27-29-63(86)109)76(122)108-69(44(6)9-2)81(127)105-58(33-42(3)4)77(123)101-54(25-17-31-92-83(88)89)73(119)100-55(26-18-32-93-84(90)91)74(120)104-60(36-48-40-95-53-24-16-14-22-50(48)53)72(118)96-41-65(111)98-61(38-67(114)115)79(125)102-57(28-30-66(112)113)75(121)103-59(34-46-19-11-10-12-20-46)78(124)106-62(82(128)129)37-64(87)110/h10-16,19-24,39-40,42-45,51,54-62,68-69,94-95H,8-9,17-18,25-38,41,85H2,1-7H3,(H2,86,109)(H2,87,110)(H,96,118)(H,97,126)(H,98,111)(H,99,116)(H,100,119)(H,101,123)(H,102,125)(H,103,121)(H,104,120)(H,105,127)(H,106,124)(H,107,117)(H,108,122)(H,112,113)(H,114,115)(H,128,129)(H4,88,89,92)(H4,90,91,93)/t43-,44-,45-,51-,54-,55-,56-,57-,58-,59-,60-,61-,62-,68-,69-/m0/s1. The summed E-state index contributed by atoms with van der Waals surface area (Å²) >= 11 is 0. The Morgan fingerprint density at radius 3 is 1.27 bits per heavy atom. The van der Waals surface area contributed by atoms with Gasteiger partial charge in [0.1, 0.15) is 72.5 Å². The van der Waals surface area contributed by atoms with Gasteiger partial charge in [0, 0.05) is 73.0 Å². The van der Waals surface area contributed by atoms with Crippen LogP contribution in [0.3, 0.4) is 0 Å². The lowest BCUT2D eigenvalue weighted by molar-refractivity contribution is -0.143. The molecule has 129 heavy (non-hydrogen) atoms. The van der Waals surface area contributed by atoms with Gasteiger partial charge in [0.05, 0.1) is 25.4 Å². The van der Waals surface area contributed by atoms with Crippen LogP contribution in [0.1, 0.15) is 149 Å². The zero-order valence-corrected chi connectivity index (χ0v) is 72.9. The molecule has 2 aromatic heterocycles. The van der Waals surface area contributed by atoms with Crippen molar-refractivity contribution >= 4 is 140 Å². The summed E-state index contributed by atoms with van der Waals surface area (Å²) in [6.07, 6.45) is -1.76. The number of primary amides is 2. The number of hydrogen-bond acceptors (Lipinski definition) is 21. The minimum Gasteiger partial charge on any atom is -0.481 e. The molecule has 0 fully saturated rings. The molecule has 15 amide bonds. The Balaban J connectivity index is 1.39. The van der Waals surface area contributed by atoms with Crippen LogP contribution < -0.4 is 108 Å². The molecule has 2 heterocycles. The fourth-order valence-corrected chi connectivity index (χ4v) is 13.6. The number of aromatic amines is 2. The summed E-state index contributed by atoms with van der Waals surface area (Å²) in [4.78, 5) is 253. The van der Waals surface area contributed by atoms with Crippen LogP contribution in [0, 0.1) is 28.6 Å². The van der Waals surface area contributed by atoms with Gasteiger partial charge in [0.25, 0.3) is 0 Å². The van der Waals surface area contributed by atoms with Crippen LogP contribution in [-0.2, 0) is 106 Å². The summed E-state index contributed by atoms with van der Waals surface area (Å²) in [5.41, 5.74) is 31.3. The summed E-state index contributed by atoms with van der Waals surface area (Å²) in [6, 6.07) is 1.43. The number of aromatic nitrogens is 2. The van der Waals surface area contributed by atoms with Gasteiger partial charge in [0.2, 0.25) is 88.6 Å². The zero-order chi connectivity index (χ0) is 95.9. The van der Waals surface area contributed by atoms with Crippen molar-refractivity contribution in [1.82, 2.24) is 89.7 Å². The topological polar surface area (TPSA) is 758 Å². The Morgan fingerprint density at radius 2 is 0.798 bits per heavy atom. The van der Waals surface area contributed by atoms with E-state index in [1.54, 1.807) is 90.2 Å². The van der Waals surface area contributed by atoms with Crippen molar-refractivity contribution in [3.8, 4) is 0 Å². The van der Waals surface area contributed by atoms with Crippen LogP contribution in [0.15, 0.2) is 91.3 Å². The first-order valence-electron chi connectivity index (χ1n) is 42.2. The third-order valence-electron chi connectivity index (χ3n) is 21.1. The van der Waals surface area contributed by atoms with Crippen LogP contribution in [0.2, 0.25) is 0 Å². The van der Waals surface area contributed by atoms with Crippen LogP contribution in [0.25, 0.3) is 21.8 Å². The summed E-state index contributed by atoms with van der Waals surface area (Å²) in [5.74, 6) is -22.7. The fourth-order valence-electron chi connectivity index (χ4n) is 13.6. The summed E-state index contributed by atoms with van der Waals surface area (Å²) in [6.45, 7) is 10.4. The van der Waals surface area contributed by atoms with Gasteiger partial charge in [-0.1, -0.05) is 121 Å². The number of para-hydroxylation sites is 2. The molecule has 15 atom stereocenters. The Hall–Kier alpha value is -14.3. The summed E-state index contributed by atoms with van der Waals surface area (Å²) in [5, 5.41) is 83.8. The van der Waals surface area contributed by atoms with Gasteiger partial charge >= 0.3 is 17.9 Å². The van der Waals surface area contributed by atoms with Crippen molar-refractivity contribution in [2.75, 3.05) is 19.6 Å². The molecule has 5 aromatic rings. The van der Waals surface area contributed by atoms with Crippen LogP contribution in [-0.4, -0.2) is 242 Å². The van der Waals surface area contributed by atoms with Gasteiger partial charge in [-0.15, -0.1) is 0 Å². The molecule has 0 spiro atoms. The molecule has 5 rings (SSSR count). The average molecular weight is 1800 g/mol. The highest BCUT2D eigenvalue weighted by atomic mass is 16.4. The maximum absolute atomic E-state index is 15.0. The number of rotatable bonds is 57. The van der Waals surface area contributed by atoms with E-state index in [9.17, 15) is 92.0 Å². The summed E-state index contributed by atoms with van der Waals surface area (Å²) in [7, 11) is 0. The lowest BCUT2D eigenvalue weighted by atomic mass is 9.96. The molecule has 0 aliphatic carbocycles. The van der Waals surface area contributed by atoms with E-state index in [1.807, 2.05) is 24.3 Å². The highest BCUT2D eigenvalue weighted by Crippen LogP contribution is 2.23. The Kier molecular flexibility index (Phi) is 42.9. The second-order valence-corrected chi connectivity index (χ2v) is 31.9. The number of carboxylic acid groups (broad SMARTS) is 3. The van der Waals surface area contributed by atoms with Crippen molar-refractivity contribution in [3.05, 3.63) is 108 Å². The zero-order valence-electron chi connectivity index (χ0n) is 72.9. The number of benzene rings is 3. The van der Waals surface area contributed by atoms with Gasteiger partial charge in [-0.3, -0.25) is 92.3 Å². The highest BCUT2D eigenvalue weighted by Gasteiger charge is 2.39. The quantitative estimate of drug-likeness (QED) is 0.0101. The SMILES string of the molecule is CC[C@H](C)[C@H](NC(=O)[C@H](CCC(N)=O)NC(=O)[C@H](C)NC(=O)[C@@H](NC(=O)[C@@H](N)Cc1c[nH]c2ccccc12)[C@@H](C)CC)C(=O)N[C@@H](CC(C)C)C(=O)N[C@@H](CCCNC(=N)N)C(=O)N[C@@H](CCCNC(=N)N)C(=O)N[C@@H](Cc1c[nH]c2ccccc12)C(=O)NCC(=O)N[C@@H](CC(=O)O)C(=O)N[C@@H](CCC(=O)O)C(=O)N[C@@H](Cc1ccccc1)C(=O)N[C@@H](CC(N)=O)C(=O)O. The molecule has 45 heteroatoms. The van der Waals surface area contributed by atoms with Gasteiger partial charge < -0.3 is 134 Å². The normalized spacial score (nSPS) is 14.6. The first-order chi connectivity index (χ1) is 61.0. The van der Waals surface area contributed by atoms with Crippen LogP contribution in [0.4, 0.5) is 0 Å². The Labute approximate surface area is 743 Å². The molecule has 0 saturated carbocycles. The minimum absolute atomic E-state index is 0.00452. The third kappa shape index (κ3) is 35.9. The van der Waals surface area contributed by atoms with Crippen molar-refractivity contribution in [3.63, 3.8) is 0 Å². The lowest BCUT2D eigenvalue weighted by Crippen LogP contribution is -2.61. The molecule has 45 nitrogen and oxygen atoms in total. The average Bonchev–Trinajstić information content (AvgIpc) is 1.60. The monoisotopic (exact) mass is 1800 g/mol. The summed E-state index contributed by atoms with van der Waals surface area (Å²) < 4.78 is 0. The second kappa shape index (κ2) is 52.6. The lowest BCUT2D eigenvalue weighted by Gasteiger charge is -2.30. The van der Waals surface area contributed by atoms with Crippen LogP contribution in [0.5, 0.6) is 0 Å². The Morgan fingerprint density at radius 1 is 0.388 bits per heavy atom. The predicted molar refractivity (Wildman–Crippen MR) is 470 cm³/mol. The van der Waals surface area contributed by atoms with E-state index in [1.165, 1.54) is 25.3 Å². The van der Waals surface area contributed by atoms with Gasteiger partial charge in [-0.05, 0) is 105 Å². The molecule has 0 aliphatic rings. The number of fused-ring (bicyclic) bond motifs is 2. The number of amides is 15. The van der Waals surface area contributed by atoms with Crippen LogP contribution >= 0.6 is 0 Å². The first kappa shape index (κ1) is 105. The molecular weight excluding hydrogens is 1680 g/mol. The number of nitrogens with one attached hydrogen (secondary N) is 19. The number of carbonyl (C=O) groups excluding carboxylic acids is 15. The molecule has 0 bridgehead atoms. The predicted octanol–water partition coefficient (Wildman–Crippen LogP) is -3.81. The van der Waals surface area contributed by atoms with E-state index in [-0.39, 0.29) is 76.8 Å². The third-order valence-corrected chi connectivity index (χ3v) is 21.1. The van der Waals surface area contributed by atoms with Gasteiger partial charge in [-0.2, -0.15) is 0 Å². The smallest absolute Gasteiger partial charge is 0.326 e. The van der Waals surface area contributed by atoms with Crippen molar-refractivity contribution in [1.29, 1.82) is 10.8 Å². The largest absolute Gasteiger partial charge is 0.481 e. The maximum atomic E-state index is 15.0. The van der Waals surface area contributed by atoms with E-state index >= 15 is 9.59 Å². The van der Waals surface area contributed by atoms with Crippen molar-refractivity contribution < 1.29 is 102 Å². The van der Waals surface area contributed by atoms with E-state index in [0.29, 0.717) is 28.5 Å². The number of aliphatic carboxylic acids is 3. The minimum atomic E-state index is -2.09. The molecule has 3 aromatic carbocycles. The Bertz CT molecular complexity index is 4790. The highest BCUT2D eigenvalue weighted by molar-refractivity contribution is 6.01. The number of H-pyrrole nitrogens is 2. The maximum Gasteiger partial charge on any atom is 0.326 e. The number of nitrogens with two attached hydrogens (primary N) is 5. The molecule has 704 valence electrons. The molecule has 0 unspecified atom stereocenters. The molecule has 0 aliphatic heterocycles. The second-order valence-electron chi connectivity index (χ2n) is 31.9. The van der Waals surface area contributed by atoms with Crippen molar-refractivity contribution in [2.24, 2.45) is 46.4 Å². The van der Waals surface area contributed by atoms with Gasteiger partial charge in [-0.25, -0.2) is 4.79 Å². The van der Waals surface area contributed by atoms with E-state index < -0.39 is 254 Å². The van der Waals surface area contributed by atoms with E-state index in [2.05, 4.69) is 89.7 Å². The number of hydrogen-bond donors (Lipinski definition) is 27. The first-order valence-corrected chi connectivity index (χ1v) is 42.2. The van der Waals surface area contributed by atoms with E-state index in [4.69, 9.17) is 39.5 Å².